The van der Waals surface area contributed by atoms with Crippen molar-refractivity contribution in [3.8, 4) is 12.3 Å². The summed E-state index contributed by atoms with van der Waals surface area (Å²) in [5.41, 5.74) is 0. The first kappa shape index (κ1) is 11.8. The molecule has 3 heteroatoms. The van der Waals surface area contributed by atoms with Crippen LogP contribution in [0.4, 0.5) is 4.79 Å². The van der Waals surface area contributed by atoms with Gasteiger partial charge < -0.3 is 9.84 Å². The highest BCUT2D eigenvalue weighted by Crippen LogP contribution is 2.11. The molecule has 0 amide bonds. The SMILES string of the molecule is C#CC(CCC(C)C)COC(=O)O. The van der Waals surface area contributed by atoms with E-state index in [1.165, 1.54) is 0 Å². The molecule has 1 atom stereocenters. The van der Waals surface area contributed by atoms with Crippen LogP contribution in [0.15, 0.2) is 0 Å². The van der Waals surface area contributed by atoms with Crippen molar-refractivity contribution in [1.82, 2.24) is 0 Å². The largest absolute Gasteiger partial charge is 0.505 e. The zero-order valence-electron chi connectivity index (χ0n) is 8.12. The van der Waals surface area contributed by atoms with E-state index in [2.05, 4.69) is 24.5 Å². The monoisotopic (exact) mass is 184 g/mol. The molecule has 74 valence electrons. The van der Waals surface area contributed by atoms with Crippen molar-refractivity contribution in [3.05, 3.63) is 0 Å². The molecule has 0 heterocycles. The maximum Gasteiger partial charge on any atom is 0.505 e. The second kappa shape index (κ2) is 6.36. The number of carboxylic acid groups (broad SMARTS) is 1. The number of hydrogen-bond donors (Lipinski definition) is 1. The Bertz CT molecular complexity index is 191. The molecule has 0 aromatic carbocycles. The van der Waals surface area contributed by atoms with Crippen LogP contribution in [0.3, 0.4) is 0 Å². The van der Waals surface area contributed by atoms with Crippen LogP contribution in [0.25, 0.3) is 0 Å². The van der Waals surface area contributed by atoms with Gasteiger partial charge in [0.05, 0.1) is 5.92 Å². The number of terminal acetylenes is 1. The van der Waals surface area contributed by atoms with Gasteiger partial charge in [0.25, 0.3) is 0 Å². The highest BCUT2D eigenvalue weighted by atomic mass is 16.7. The van der Waals surface area contributed by atoms with Gasteiger partial charge in [0.2, 0.25) is 0 Å². The molecule has 0 aliphatic carbocycles. The minimum Gasteiger partial charge on any atom is -0.450 e. The van der Waals surface area contributed by atoms with Crippen molar-refractivity contribution in [2.75, 3.05) is 6.61 Å². The summed E-state index contributed by atoms with van der Waals surface area (Å²) >= 11 is 0. The van der Waals surface area contributed by atoms with Crippen LogP contribution in [0.1, 0.15) is 26.7 Å². The Balaban J connectivity index is 3.65. The Morgan fingerprint density at radius 1 is 1.54 bits per heavy atom. The highest BCUT2D eigenvalue weighted by Gasteiger charge is 2.08. The average molecular weight is 184 g/mol. The Kier molecular flexibility index (Phi) is 5.79. The molecule has 0 radical (unpaired) electrons. The Morgan fingerprint density at radius 2 is 2.15 bits per heavy atom. The van der Waals surface area contributed by atoms with E-state index in [0.717, 1.165) is 12.8 Å². The molecule has 0 aliphatic heterocycles. The molecule has 0 aromatic heterocycles. The van der Waals surface area contributed by atoms with Crippen molar-refractivity contribution in [3.63, 3.8) is 0 Å². The molecule has 3 nitrogen and oxygen atoms in total. The Morgan fingerprint density at radius 3 is 2.54 bits per heavy atom. The maximum absolute atomic E-state index is 10.1. The van der Waals surface area contributed by atoms with Crippen LogP contribution >= 0.6 is 0 Å². The maximum atomic E-state index is 10.1. The summed E-state index contributed by atoms with van der Waals surface area (Å²) in [6, 6.07) is 0. The standard InChI is InChI=1S/C10H16O3/c1-4-9(6-5-8(2)3)7-13-10(11)12/h1,8-9H,5-7H2,2-3H3,(H,11,12). The van der Waals surface area contributed by atoms with Crippen LogP contribution in [-0.2, 0) is 4.74 Å². The summed E-state index contributed by atoms with van der Waals surface area (Å²) in [4.78, 5) is 10.1. The molecule has 0 aromatic rings. The zero-order chi connectivity index (χ0) is 10.3. The van der Waals surface area contributed by atoms with Gasteiger partial charge >= 0.3 is 6.16 Å². The van der Waals surface area contributed by atoms with Crippen LogP contribution in [0.2, 0.25) is 0 Å². The fourth-order valence-electron chi connectivity index (χ4n) is 0.921. The lowest BCUT2D eigenvalue weighted by Gasteiger charge is -2.10. The lowest BCUT2D eigenvalue weighted by molar-refractivity contribution is 0.0821. The van der Waals surface area contributed by atoms with Crippen LogP contribution < -0.4 is 0 Å². The van der Waals surface area contributed by atoms with E-state index < -0.39 is 6.16 Å². The summed E-state index contributed by atoms with van der Waals surface area (Å²) in [7, 11) is 0. The third-order valence-corrected chi connectivity index (χ3v) is 1.74. The molecule has 0 spiro atoms. The van der Waals surface area contributed by atoms with E-state index in [1.807, 2.05) is 0 Å². The molecule has 0 rings (SSSR count). The molecule has 0 aliphatic rings. The predicted molar refractivity (Wildman–Crippen MR) is 50.4 cm³/mol. The number of rotatable bonds is 5. The van der Waals surface area contributed by atoms with Gasteiger partial charge in [0.15, 0.2) is 0 Å². The Labute approximate surface area is 79.1 Å². The van der Waals surface area contributed by atoms with Crippen molar-refractivity contribution in [2.45, 2.75) is 26.7 Å². The molecule has 1 N–H and O–H groups in total. The summed E-state index contributed by atoms with van der Waals surface area (Å²) in [5, 5.41) is 8.24. The van der Waals surface area contributed by atoms with Gasteiger partial charge in [-0.3, -0.25) is 0 Å². The topological polar surface area (TPSA) is 46.5 Å². The minimum atomic E-state index is -1.26. The first-order chi connectivity index (χ1) is 6.06. The number of ether oxygens (including phenoxy) is 1. The number of hydrogen-bond acceptors (Lipinski definition) is 2. The molecule has 0 fully saturated rings. The van der Waals surface area contributed by atoms with Crippen molar-refractivity contribution in [2.24, 2.45) is 11.8 Å². The summed E-state index contributed by atoms with van der Waals surface area (Å²) in [6.07, 6.45) is 5.78. The predicted octanol–water partition coefficient (Wildman–Crippen LogP) is 2.37. The first-order valence-electron chi connectivity index (χ1n) is 4.38. The third-order valence-electron chi connectivity index (χ3n) is 1.74. The van der Waals surface area contributed by atoms with Gasteiger partial charge in [-0.25, -0.2) is 4.79 Å². The second-order valence-corrected chi connectivity index (χ2v) is 3.41. The van der Waals surface area contributed by atoms with Crippen LogP contribution in [-0.4, -0.2) is 17.9 Å². The van der Waals surface area contributed by atoms with Gasteiger partial charge in [-0.2, -0.15) is 0 Å². The van der Waals surface area contributed by atoms with E-state index in [-0.39, 0.29) is 12.5 Å². The third kappa shape index (κ3) is 7.20. The lowest BCUT2D eigenvalue weighted by atomic mass is 9.99. The number of carbonyl (C=O) groups is 1. The smallest absolute Gasteiger partial charge is 0.450 e. The van der Waals surface area contributed by atoms with Gasteiger partial charge in [-0.05, 0) is 18.8 Å². The fourth-order valence-corrected chi connectivity index (χ4v) is 0.921. The van der Waals surface area contributed by atoms with Gasteiger partial charge in [-0.15, -0.1) is 6.42 Å². The molecular formula is C10H16O3. The zero-order valence-corrected chi connectivity index (χ0v) is 8.12. The second-order valence-electron chi connectivity index (χ2n) is 3.41. The minimum absolute atomic E-state index is 0.0847. The Hall–Kier alpha value is -1.17. The lowest BCUT2D eigenvalue weighted by Crippen LogP contribution is -2.11. The van der Waals surface area contributed by atoms with Gasteiger partial charge in [0, 0.05) is 0 Å². The van der Waals surface area contributed by atoms with Crippen molar-refractivity contribution >= 4 is 6.16 Å². The quantitative estimate of drug-likeness (QED) is 0.527. The van der Waals surface area contributed by atoms with E-state index in [1.54, 1.807) is 0 Å². The van der Waals surface area contributed by atoms with Crippen LogP contribution in [0.5, 0.6) is 0 Å². The fraction of sp³-hybridized carbons (Fsp3) is 0.700. The summed E-state index contributed by atoms with van der Waals surface area (Å²) < 4.78 is 4.40. The first-order valence-corrected chi connectivity index (χ1v) is 4.38. The van der Waals surface area contributed by atoms with E-state index in [4.69, 9.17) is 11.5 Å². The van der Waals surface area contributed by atoms with Crippen molar-refractivity contribution in [1.29, 1.82) is 0 Å². The van der Waals surface area contributed by atoms with Crippen LogP contribution in [0, 0.1) is 24.2 Å². The van der Waals surface area contributed by atoms with Gasteiger partial charge in [0.1, 0.15) is 6.61 Å². The highest BCUT2D eigenvalue weighted by molar-refractivity contribution is 5.56. The normalized spacial score (nSPS) is 12.2. The van der Waals surface area contributed by atoms with Crippen molar-refractivity contribution < 1.29 is 14.6 Å². The molecule has 0 saturated heterocycles. The molecular weight excluding hydrogens is 168 g/mol. The van der Waals surface area contributed by atoms with E-state index in [0.29, 0.717) is 5.92 Å². The van der Waals surface area contributed by atoms with E-state index in [9.17, 15) is 4.79 Å². The molecule has 1 unspecified atom stereocenters. The average Bonchev–Trinajstić information content (AvgIpc) is 2.04. The summed E-state index contributed by atoms with van der Waals surface area (Å²) in [6.45, 7) is 4.32. The molecule has 0 bridgehead atoms. The van der Waals surface area contributed by atoms with Gasteiger partial charge in [-0.1, -0.05) is 19.8 Å². The van der Waals surface area contributed by atoms with E-state index >= 15 is 0 Å². The summed E-state index contributed by atoms with van der Waals surface area (Å²) in [5.74, 6) is 3.02. The molecule has 0 saturated carbocycles. The molecule has 13 heavy (non-hydrogen) atoms.